The van der Waals surface area contributed by atoms with Crippen molar-refractivity contribution in [2.45, 2.75) is 25.8 Å². The number of nitrogens with two attached hydrogens (primary N) is 1. The molecule has 1 unspecified atom stereocenters. The molecule has 0 saturated carbocycles. The standard InChI is InChI=1S/C14H18N4/c1-2-11-4-6-12(7-5-11)10-13(18-15)14-16-8-3-9-17-14/h3-9,13,18H,2,10,15H2,1H3. The van der Waals surface area contributed by atoms with Crippen molar-refractivity contribution in [3.8, 4) is 0 Å². The van der Waals surface area contributed by atoms with Crippen molar-refractivity contribution in [1.82, 2.24) is 15.4 Å². The Morgan fingerprint density at radius 3 is 2.28 bits per heavy atom. The maximum absolute atomic E-state index is 5.58. The Morgan fingerprint density at radius 2 is 1.72 bits per heavy atom. The first-order chi connectivity index (χ1) is 8.83. The third kappa shape index (κ3) is 3.12. The van der Waals surface area contributed by atoms with Gasteiger partial charge in [-0.05, 0) is 30.0 Å². The van der Waals surface area contributed by atoms with Crippen molar-refractivity contribution in [2.75, 3.05) is 0 Å². The lowest BCUT2D eigenvalue weighted by molar-refractivity contribution is 0.522. The van der Waals surface area contributed by atoms with E-state index in [1.54, 1.807) is 18.5 Å². The molecule has 0 fully saturated rings. The summed E-state index contributed by atoms with van der Waals surface area (Å²) in [5, 5.41) is 0. The van der Waals surface area contributed by atoms with Crippen LogP contribution in [0.1, 0.15) is 29.9 Å². The summed E-state index contributed by atoms with van der Waals surface area (Å²) in [5.41, 5.74) is 5.33. The highest BCUT2D eigenvalue weighted by molar-refractivity contribution is 5.23. The van der Waals surface area contributed by atoms with Crippen LogP contribution in [-0.2, 0) is 12.8 Å². The van der Waals surface area contributed by atoms with E-state index in [0.29, 0.717) is 0 Å². The van der Waals surface area contributed by atoms with E-state index in [9.17, 15) is 0 Å². The van der Waals surface area contributed by atoms with Crippen LogP contribution in [-0.4, -0.2) is 9.97 Å². The Bertz CT molecular complexity index is 467. The van der Waals surface area contributed by atoms with Crippen LogP contribution in [0.25, 0.3) is 0 Å². The fourth-order valence-corrected chi connectivity index (χ4v) is 1.86. The number of nitrogens with zero attached hydrogens (tertiary/aromatic N) is 2. The highest BCUT2D eigenvalue weighted by Crippen LogP contribution is 2.14. The lowest BCUT2D eigenvalue weighted by Crippen LogP contribution is -2.30. The molecule has 18 heavy (non-hydrogen) atoms. The number of benzene rings is 1. The lowest BCUT2D eigenvalue weighted by atomic mass is 10.0. The average molecular weight is 242 g/mol. The number of hydrogen-bond donors (Lipinski definition) is 2. The second kappa shape index (κ2) is 6.23. The summed E-state index contributed by atoms with van der Waals surface area (Å²) >= 11 is 0. The van der Waals surface area contributed by atoms with Gasteiger partial charge in [0, 0.05) is 12.4 Å². The molecule has 94 valence electrons. The van der Waals surface area contributed by atoms with Gasteiger partial charge in [0.2, 0.25) is 0 Å². The second-order valence-corrected chi connectivity index (χ2v) is 4.20. The number of hydrogen-bond acceptors (Lipinski definition) is 4. The van der Waals surface area contributed by atoms with E-state index >= 15 is 0 Å². The van der Waals surface area contributed by atoms with E-state index in [1.807, 2.05) is 0 Å². The van der Waals surface area contributed by atoms with E-state index in [-0.39, 0.29) is 6.04 Å². The zero-order valence-electron chi connectivity index (χ0n) is 10.5. The van der Waals surface area contributed by atoms with Crippen LogP contribution < -0.4 is 11.3 Å². The molecular formula is C14H18N4. The summed E-state index contributed by atoms with van der Waals surface area (Å²) in [6, 6.07) is 10.3. The van der Waals surface area contributed by atoms with Gasteiger partial charge in [0.25, 0.3) is 0 Å². The van der Waals surface area contributed by atoms with Gasteiger partial charge in [0.1, 0.15) is 5.82 Å². The van der Waals surface area contributed by atoms with Gasteiger partial charge in [-0.1, -0.05) is 31.2 Å². The Labute approximate surface area is 107 Å². The summed E-state index contributed by atoms with van der Waals surface area (Å²) in [6.45, 7) is 2.15. The molecule has 3 N–H and O–H groups in total. The third-order valence-corrected chi connectivity index (χ3v) is 2.97. The Morgan fingerprint density at radius 1 is 1.11 bits per heavy atom. The third-order valence-electron chi connectivity index (χ3n) is 2.97. The molecule has 0 spiro atoms. The van der Waals surface area contributed by atoms with Gasteiger partial charge >= 0.3 is 0 Å². The number of hydrazine groups is 1. The molecule has 1 aromatic heterocycles. The maximum Gasteiger partial charge on any atom is 0.146 e. The van der Waals surface area contributed by atoms with E-state index in [4.69, 9.17) is 5.84 Å². The first-order valence-electron chi connectivity index (χ1n) is 6.14. The summed E-state index contributed by atoms with van der Waals surface area (Å²) in [5.74, 6) is 6.30. The molecule has 0 aliphatic rings. The molecule has 0 aliphatic heterocycles. The molecule has 4 heteroatoms. The van der Waals surface area contributed by atoms with Crippen LogP contribution in [0.4, 0.5) is 0 Å². The summed E-state index contributed by atoms with van der Waals surface area (Å²) < 4.78 is 0. The zero-order chi connectivity index (χ0) is 12.8. The van der Waals surface area contributed by atoms with Crippen LogP contribution >= 0.6 is 0 Å². The highest BCUT2D eigenvalue weighted by Gasteiger charge is 2.12. The van der Waals surface area contributed by atoms with Gasteiger partial charge in [-0.2, -0.15) is 0 Å². The van der Waals surface area contributed by atoms with E-state index in [2.05, 4.69) is 46.6 Å². The predicted octanol–water partition coefficient (Wildman–Crippen LogP) is 1.79. The molecule has 0 saturated heterocycles. The van der Waals surface area contributed by atoms with Crippen LogP contribution in [0.2, 0.25) is 0 Å². The first-order valence-corrected chi connectivity index (χ1v) is 6.14. The largest absolute Gasteiger partial charge is 0.271 e. The normalized spacial score (nSPS) is 12.3. The molecule has 0 amide bonds. The molecule has 2 aromatic rings. The molecule has 1 heterocycles. The fraction of sp³-hybridized carbons (Fsp3) is 0.286. The highest BCUT2D eigenvalue weighted by atomic mass is 15.2. The van der Waals surface area contributed by atoms with Gasteiger partial charge in [-0.25, -0.2) is 15.4 Å². The smallest absolute Gasteiger partial charge is 0.146 e. The Kier molecular flexibility index (Phi) is 4.39. The first kappa shape index (κ1) is 12.7. The van der Waals surface area contributed by atoms with Crippen molar-refractivity contribution >= 4 is 0 Å². The number of aryl methyl sites for hydroxylation is 1. The SMILES string of the molecule is CCc1ccc(CC(NN)c2ncccn2)cc1. The van der Waals surface area contributed by atoms with Gasteiger partial charge in [0.05, 0.1) is 6.04 Å². The minimum Gasteiger partial charge on any atom is -0.271 e. The number of nitrogens with one attached hydrogen (secondary N) is 1. The molecule has 2 rings (SSSR count). The van der Waals surface area contributed by atoms with Crippen molar-refractivity contribution < 1.29 is 0 Å². The van der Waals surface area contributed by atoms with Crippen LogP contribution in [0, 0.1) is 0 Å². The van der Waals surface area contributed by atoms with Crippen LogP contribution in [0.3, 0.4) is 0 Å². The van der Waals surface area contributed by atoms with Crippen molar-refractivity contribution in [3.05, 3.63) is 59.7 Å². The zero-order valence-corrected chi connectivity index (χ0v) is 10.5. The van der Waals surface area contributed by atoms with E-state index in [0.717, 1.165) is 18.7 Å². The fourth-order valence-electron chi connectivity index (χ4n) is 1.86. The second-order valence-electron chi connectivity index (χ2n) is 4.20. The average Bonchev–Trinajstić information content (AvgIpc) is 2.46. The van der Waals surface area contributed by atoms with Crippen LogP contribution in [0.5, 0.6) is 0 Å². The Hall–Kier alpha value is -1.78. The monoisotopic (exact) mass is 242 g/mol. The van der Waals surface area contributed by atoms with Crippen molar-refractivity contribution in [3.63, 3.8) is 0 Å². The molecule has 1 aromatic carbocycles. The molecule has 0 bridgehead atoms. The van der Waals surface area contributed by atoms with Crippen molar-refractivity contribution in [1.29, 1.82) is 0 Å². The maximum atomic E-state index is 5.58. The molecule has 0 radical (unpaired) electrons. The molecule has 0 aliphatic carbocycles. The molecular weight excluding hydrogens is 224 g/mol. The minimum atomic E-state index is -0.0568. The summed E-state index contributed by atoms with van der Waals surface area (Å²) in [6.07, 6.45) is 5.30. The van der Waals surface area contributed by atoms with Gasteiger partial charge < -0.3 is 0 Å². The molecule has 4 nitrogen and oxygen atoms in total. The lowest BCUT2D eigenvalue weighted by Gasteiger charge is -2.14. The van der Waals surface area contributed by atoms with E-state index in [1.165, 1.54) is 11.1 Å². The van der Waals surface area contributed by atoms with Gasteiger partial charge in [-0.15, -0.1) is 0 Å². The summed E-state index contributed by atoms with van der Waals surface area (Å²) in [4.78, 5) is 8.45. The Balaban J connectivity index is 2.10. The predicted molar refractivity (Wildman–Crippen MR) is 71.6 cm³/mol. The minimum absolute atomic E-state index is 0.0568. The topological polar surface area (TPSA) is 63.8 Å². The van der Waals surface area contributed by atoms with Gasteiger partial charge in [-0.3, -0.25) is 5.84 Å². The quantitative estimate of drug-likeness (QED) is 0.619. The van der Waals surface area contributed by atoms with Crippen molar-refractivity contribution in [2.24, 2.45) is 5.84 Å². The number of rotatable bonds is 5. The number of aromatic nitrogens is 2. The van der Waals surface area contributed by atoms with Gasteiger partial charge in [0.15, 0.2) is 0 Å². The molecule has 1 atom stereocenters. The van der Waals surface area contributed by atoms with E-state index < -0.39 is 0 Å². The van der Waals surface area contributed by atoms with Crippen LogP contribution in [0.15, 0.2) is 42.7 Å². The summed E-state index contributed by atoms with van der Waals surface area (Å²) in [7, 11) is 0.